The lowest BCUT2D eigenvalue weighted by Crippen LogP contribution is -2.30. The summed E-state index contributed by atoms with van der Waals surface area (Å²) in [7, 11) is 0. The summed E-state index contributed by atoms with van der Waals surface area (Å²) in [6.45, 7) is 1.53. The summed E-state index contributed by atoms with van der Waals surface area (Å²) in [6.07, 6.45) is 1.01. The van der Waals surface area contributed by atoms with Crippen molar-refractivity contribution in [2.24, 2.45) is 0 Å². The second kappa shape index (κ2) is 7.36. The Bertz CT molecular complexity index is 649. The second-order valence-corrected chi connectivity index (χ2v) is 6.28. The van der Waals surface area contributed by atoms with Gasteiger partial charge in [-0.05, 0) is 31.4 Å². The molecule has 0 aliphatic carbocycles. The third-order valence-corrected chi connectivity index (χ3v) is 4.59. The average Bonchev–Trinajstić information content (AvgIpc) is 2.89. The minimum absolute atomic E-state index is 0.433. The molecule has 1 fully saturated rings. The van der Waals surface area contributed by atoms with Crippen LogP contribution in [0.15, 0.2) is 36.7 Å². The number of hydrogen-bond acceptors (Lipinski definition) is 4. The number of halogens is 2. The number of aromatic nitrogens is 3. The second-order valence-electron chi connectivity index (χ2n) is 6.28. The molecule has 7 heteroatoms. The lowest BCUT2D eigenvalue weighted by atomic mass is 9.87. The summed E-state index contributed by atoms with van der Waals surface area (Å²) in [4.78, 5) is 6.25. The summed E-state index contributed by atoms with van der Waals surface area (Å²) >= 11 is 0. The van der Waals surface area contributed by atoms with Gasteiger partial charge in [-0.2, -0.15) is 5.10 Å². The van der Waals surface area contributed by atoms with Crippen LogP contribution in [0.5, 0.6) is 0 Å². The van der Waals surface area contributed by atoms with E-state index in [9.17, 15) is 13.9 Å². The molecule has 2 aromatic rings. The van der Waals surface area contributed by atoms with E-state index in [-0.39, 0.29) is 0 Å². The Hall–Kier alpha value is -1.86. The van der Waals surface area contributed by atoms with Crippen LogP contribution in [0, 0.1) is 0 Å². The highest BCUT2D eigenvalue weighted by molar-refractivity contribution is 5.22. The third kappa shape index (κ3) is 3.96. The van der Waals surface area contributed by atoms with Crippen molar-refractivity contribution in [2.75, 3.05) is 13.1 Å². The Balaban J connectivity index is 1.65. The largest absolute Gasteiger partial charge is 0.385 e. The molecule has 3 rings (SSSR count). The van der Waals surface area contributed by atoms with Gasteiger partial charge in [0.25, 0.3) is 6.43 Å². The van der Waals surface area contributed by atoms with Gasteiger partial charge in [0.2, 0.25) is 0 Å². The van der Waals surface area contributed by atoms with Gasteiger partial charge in [-0.1, -0.05) is 30.3 Å². The molecule has 0 amide bonds. The molecule has 0 saturated carbocycles. The van der Waals surface area contributed by atoms with Crippen molar-refractivity contribution in [3.8, 4) is 0 Å². The quantitative estimate of drug-likeness (QED) is 0.911. The molecule has 1 aromatic heterocycles. The van der Waals surface area contributed by atoms with Gasteiger partial charge >= 0.3 is 0 Å². The van der Waals surface area contributed by atoms with Gasteiger partial charge in [0, 0.05) is 6.54 Å². The predicted octanol–water partition coefficient (Wildman–Crippen LogP) is 2.42. The zero-order valence-corrected chi connectivity index (χ0v) is 13.5. The van der Waals surface area contributed by atoms with Crippen molar-refractivity contribution in [3.63, 3.8) is 0 Å². The molecular formula is C17H22F2N4O. The standard InChI is InChI=1S/C17H22F2N4O/c18-15(19)11-23-16(20-13-21-23)12-22-9-4-7-17(24,8-10-22)14-5-2-1-3-6-14/h1-3,5-6,13,15,24H,4,7-12H2. The van der Waals surface area contributed by atoms with Crippen LogP contribution in [-0.4, -0.2) is 44.3 Å². The van der Waals surface area contributed by atoms with Crippen molar-refractivity contribution in [1.82, 2.24) is 19.7 Å². The van der Waals surface area contributed by atoms with Crippen molar-refractivity contribution in [1.29, 1.82) is 0 Å². The monoisotopic (exact) mass is 336 g/mol. The highest BCUT2D eigenvalue weighted by Gasteiger charge is 2.32. The minimum atomic E-state index is -2.45. The summed E-state index contributed by atoms with van der Waals surface area (Å²) in [5, 5.41) is 14.9. The number of alkyl halides is 2. The molecule has 0 radical (unpaired) electrons. The Morgan fingerprint density at radius 1 is 1.17 bits per heavy atom. The van der Waals surface area contributed by atoms with Crippen LogP contribution < -0.4 is 0 Å². The number of likely N-dealkylation sites (tertiary alicyclic amines) is 1. The minimum Gasteiger partial charge on any atom is -0.385 e. The van der Waals surface area contributed by atoms with E-state index < -0.39 is 18.6 Å². The smallest absolute Gasteiger partial charge is 0.257 e. The predicted molar refractivity (Wildman–Crippen MR) is 85.5 cm³/mol. The highest BCUT2D eigenvalue weighted by atomic mass is 19.3. The Morgan fingerprint density at radius 3 is 2.71 bits per heavy atom. The fourth-order valence-corrected chi connectivity index (χ4v) is 3.26. The molecule has 24 heavy (non-hydrogen) atoms. The number of hydrogen-bond donors (Lipinski definition) is 1. The number of aliphatic hydroxyl groups is 1. The molecule has 130 valence electrons. The van der Waals surface area contributed by atoms with Gasteiger partial charge in [0.05, 0.1) is 12.1 Å². The van der Waals surface area contributed by atoms with Crippen LogP contribution in [0.25, 0.3) is 0 Å². The van der Waals surface area contributed by atoms with Crippen molar-refractivity contribution < 1.29 is 13.9 Å². The van der Waals surface area contributed by atoms with E-state index in [1.165, 1.54) is 11.0 Å². The molecular weight excluding hydrogens is 314 g/mol. The molecule has 5 nitrogen and oxygen atoms in total. The van der Waals surface area contributed by atoms with Crippen LogP contribution >= 0.6 is 0 Å². The van der Waals surface area contributed by atoms with Crippen LogP contribution in [0.3, 0.4) is 0 Å². The van der Waals surface area contributed by atoms with E-state index in [4.69, 9.17) is 0 Å². The zero-order chi connectivity index (χ0) is 17.0. The topological polar surface area (TPSA) is 54.2 Å². The fourth-order valence-electron chi connectivity index (χ4n) is 3.26. The van der Waals surface area contributed by atoms with Gasteiger partial charge < -0.3 is 5.11 Å². The van der Waals surface area contributed by atoms with Gasteiger partial charge in [-0.3, -0.25) is 4.90 Å². The van der Waals surface area contributed by atoms with Gasteiger partial charge in [-0.15, -0.1) is 0 Å². The van der Waals surface area contributed by atoms with Crippen molar-refractivity contribution in [3.05, 3.63) is 48.0 Å². The van der Waals surface area contributed by atoms with E-state index >= 15 is 0 Å². The first-order chi connectivity index (χ1) is 11.6. The first-order valence-electron chi connectivity index (χ1n) is 8.22. The molecule has 1 N–H and O–H groups in total. The molecule has 1 aliphatic rings. The van der Waals surface area contributed by atoms with Crippen molar-refractivity contribution in [2.45, 2.75) is 44.4 Å². The normalized spacial score (nSPS) is 22.7. The average molecular weight is 336 g/mol. The summed E-state index contributed by atoms with van der Waals surface area (Å²) in [5.74, 6) is 0.542. The SMILES string of the molecule is OC1(c2ccccc2)CCCN(Cc2ncnn2CC(F)F)CC1. The van der Waals surface area contributed by atoms with Crippen LogP contribution in [0.4, 0.5) is 8.78 Å². The highest BCUT2D eigenvalue weighted by Crippen LogP contribution is 2.32. The maximum atomic E-state index is 12.6. The summed E-state index contributed by atoms with van der Waals surface area (Å²) in [6, 6.07) is 9.71. The molecule has 1 saturated heterocycles. The van der Waals surface area contributed by atoms with Crippen molar-refractivity contribution >= 4 is 0 Å². The summed E-state index contributed by atoms with van der Waals surface area (Å²) < 4.78 is 26.4. The first-order valence-corrected chi connectivity index (χ1v) is 8.22. The zero-order valence-electron chi connectivity index (χ0n) is 13.5. The first kappa shape index (κ1) is 17.0. The Kier molecular flexibility index (Phi) is 5.20. The maximum absolute atomic E-state index is 12.6. The van der Waals surface area contributed by atoms with E-state index in [2.05, 4.69) is 15.0 Å². The number of nitrogens with zero attached hydrogens (tertiary/aromatic N) is 4. The summed E-state index contributed by atoms with van der Waals surface area (Å²) in [5.41, 5.74) is 0.111. The van der Waals surface area contributed by atoms with Gasteiger partial charge in [-0.25, -0.2) is 18.4 Å². The molecule has 1 aliphatic heterocycles. The van der Waals surface area contributed by atoms with E-state index in [0.717, 1.165) is 18.5 Å². The van der Waals surface area contributed by atoms with Gasteiger partial charge in [0.1, 0.15) is 18.7 Å². The van der Waals surface area contributed by atoms with Gasteiger partial charge in [0.15, 0.2) is 0 Å². The lowest BCUT2D eigenvalue weighted by Gasteiger charge is -2.27. The number of rotatable bonds is 5. The van der Waals surface area contributed by atoms with E-state index in [0.29, 0.717) is 31.8 Å². The Labute approximate surface area is 139 Å². The molecule has 1 aromatic carbocycles. The molecule has 2 heterocycles. The van der Waals surface area contributed by atoms with Crippen LogP contribution in [0.1, 0.15) is 30.7 Å². The molecule has 1 unspecified atom stereocenters. The maximum Gasteiger partial charge on any atom is 0.257 e. The molecule has 1 atom stereocenters. The third-order valence-electron chi connectivity index (χ3n) is 4.59. The van der Waals surface area contributed by atoms with Crippen LogP contribution in [-0.2, 0) is 18.7 Å². The lowest BCUT2D eigenvalue weighted by molar-refractivity contribution is 0.0209. The number of benzene rings is 1. The molecule has 0 bridgehead atoms. The van der Waals surface area contributed by atoms with E-state index in [1.807, 2.05) is 30.3 Å². The van der Waals surface area contributed by atoms with Crippen LogP contribution in [0.2, 0.25) is 0 Å². The Morgan fingerprint density at radius 2 is 1.96 bits per heavy atom. The van der Waals surface area contributed by atoms with E-state index in [1.54, 1.807) is 0 Å². The molecule has 0 spiro atoms. The fraction of sp³-hybridized carbons (Fsp3) is 0.529.